The maximum atomic E-state index is 3.84. The van der Waals surface area contributed by atoms with E-state index in [1.807, 2.05) is 11.3 Å². The summed E-state index contributed by atoms with van der Waals surface area (Å²) in [5.41, 5.74) is 0.768. The van der Waals surface area contributed by atoms with E-state index in [2.05, 4.69) is 29.8 Å². The van der Waals surface area contributed by atoms with Crippen LogP contribution in [0.5, 0.6) is 0 Å². The molecule has 100 valence electrons. The van der Waals surface area contributed by atoms with Crippen molar-refractivity contribution in [3.8, 4) is 0 Å². The zero-order valence-electron chi connectivity index (χ0n) is 11.5. The third-order valence-corrected chi connectivity index (χ3v) is 6.22. The second-order valence-electron chi connectivity index (χ2n) is 6.39. The lowest BCUT2D eigenvalue weighted by Gasteiger charge is -2.38. The lowest BCUT2D eigenvalue weighted by atomic mass is 9.71. The Kier molecular flexibility index (Phi) is 3.76. The number of nitrogens with one attached hydrogen (secondary N) is 1. The van der Waals surface area contributed by atoms with Crippen LogP contribution in [-0.2, 0) is 0 Å². The minimum atomic E-state index is 0.535. The van der Waals surface area contributed by atoms with E-state index >= 15 is 0 Å². The zero-order valence-corrected chi connectivity index (χ0v) is 12.3. The van der Waals surface area contributed by atoms with Gasteiger partial charge >= 0.3 is 0 Å². The second kappa shape index (κ2) is 5.34. The van der Waals surface area contributed by atoms with Crippen LogP contribution in [0.1, 0.15) is 69.2 Å². The van der Waals surface area contributed by atoms with Gasteiger partial charge in [0.2, 0.25) is 0 Å². The van der Waals surface area contributed by atoms with Crippen LogP contribution in [0.15, 0.2) is 17.5 Å². The summed E-state index contributed by atoms with van der Waals surface area (Å²) in [5, 5.41) is 6.02. The van der Waals surface area contributed by atoms with E-state index in [9.17, 15) is 0 Å². The first kappa shape index (κ1) is 12.7. The van der Waals surface area contributed by atoms with Crippen LogP contribution in [0.2, 0.25) is 0 Å². The van der Waals surface area contributed by atoms with Gasteiger partial charge in [-0.1, -0.05) is 18.9 Å². The minimum absolute atomic E-state index is 0.535. The Balaban J connectivity index is 1.51. The van der Waals surface area contributed by atoms with Gasteiger partial charge < -0.3 is 5.32 Å². The smallest absolute Gasteiger partial charge is 0.0388 e. The SMILES string of the molecule is C[C@@H](NC1CCC2(CCCC2)CC1)c1cccs1. The van der Waals surface area contributed by atoms with Crippen molar-refractivity contribution in [2.45, 2.75) is 70.4 Å². The quantitative estimate of drug-likeness (QED) is 0.817. The largest absolute Gasteiger partial charge is 0.307 e. The van der Waals surface area contributed by atoms with Crippen molar-refractivity contribution < 1.29 is 0 Å². The molecule has 1 atom stereocenters. The van der Waals surface area contributed by atoms with E-state index in [1.165, 1.54) is 56.2 Å². The highest BCUT2D eigenvalue weighted by molar-refractivity contribution is 7.10. The average molecular weight is 263 g/mol. The van der Waals surface area contributed by atoms with E-state index in [1.54, 1.807) is 0 Å². The normalized spacial score (nSPS) is 25.6. The topological polar surface area (TPSA) is 12.0 Å². The molecule has 2 aliphatic carbocycles. The van der Waals surface area contributed by atoms with Gasteiger partial charge in [-0.2, -0.15) is 0 Å². The molecule has 2 fully saturated rings. The highest BCUT2D eigenvalue weighted by atomic mass is 32.1. The Morgan fingerprint density at radius 3 is 2.56 bits per heavy atom. The van der Waals surface area contributed by atoms with Gasteiger partial charge in [-0.25, -0.2) is 0 Å². The molecule has 0 radical (unpaired) electrons. The van der Waals surface area contributed by atoms with Gasteiger partial charge in [0.1, 0.15) is 0 Å². The van der Waals surface area contributed by atoms with Crippen molar-refractivity contribution in [1.29, 1.82) is 0 Å². The third-order valence-electron chi connectivity index (χ3n) is 5.17. The summed E-state index contributed by atoms with van der Waals surface area (Å²) in [4.78, 5) is 1.48. The van der Waals surface area contributed by atoms with E-state index in [-0.39, 0.29) is 0 Å². The Labute approximate surface area is 115 Å². The number of hydrogen-bond acceptors (Lipinski definition) is 2. The van der Waals surface area contributed by atoms with E-state index in [4.69, 9.17) is 0 Å². The number of thiophene rings is 1. The molecule has 1 aromatic heterocycles. The van der Waals surface area contributed by atoms with Crippen molar-refractivity contribution in [2.75, 3.05) is 0 Å². The fourth-order valence-electron chi connectivity index (χ4n) is 4.00. The van der Waals surface area contributed by atoms with Crippen molar-refractivity contribution >= 4 is 11.3 Å². The predicted octanol–water partition coefficient (Wildman–Crippen LogP) is 4.90. The Morgan fingerprint density at radius 1 is 1.22 bits per heavy atom. The molecule has 1 aromatic rings. The molecule has 3 rings (SSSR count). The van der Waals surface area contributed by atoms with Crippen LogP contribution in [0.25, 0.3) is 0 Å². The van der Waals surface area contributed by atoms with Gasteiger partial charge in [-0.3, -0.25) is 0 Å². The first-order valence-electron chi connectivity index (χ1n) is 7.57. The molecule has 2 aliphatic rings. The number of rotatable bonds is 3. The molecule has 1 spiro atoms. The van der Waals surface area contributed by atoms with E-state index in [0.29, 0.717) is 6.04 Å². The minimum Gasteiger partial charge on any atom is -0.307 e. The standard InChI is InChI=1S/C16H25NS/c1-13(15-5-4-12-18-15)17-14-6-10-16(11-7-14)8-2-3-9-16/h4-5,12-14,17H,2-3,6-11H2,1H3/t13-/m1/s1. The van der Waals surface area contributed by atoms with Gasteiger partial charge in [0.05, 0.1) is 0 Å². The molecule has 0 aliphatic heterocycles. The monoisotopic (exact) mass is 263 g/mol. The van der Waals surface area contributed by atoms with Crippen LogP contribution in [0.4, 0.5) is 0 Å². The van der Waals surface area contributed by atoms with Crippen molar-refractivity contribution in [3.05, 3.63) is 22.4 Å². The summed E-state index contributed by atoms with van der Waals surface area (Å²) < 4.78 is 0. The van der Waals surface area contributed by atoms with Crippen LogP contribution < -0.4 is 5.32 Å². The van der Waals surface area contributed by atoms with Crippen LogP contribution >= 0.6 is 11.3 Å². The summed E-state index contributed by atoms with van der Waals surface area (Å²) in [7, 11) is 0. The molecular weight excluding hydrogens is 238 g/mol. The maximum Gasteiger partial charge on any atom is 0.0388 e. The Morgan fingerprint density at radius 2 is 1.94 bits per heavy atom. The Bertz CT molecular complexity index is 354. The molecule has 0 bridgehead atoms. The maximum absolute atomic E-state index is 3.84. The van der Waals surface area contributed by atoms with E-state index in [0.717, 1.165) is 11.5 Å². The zero-order chi connectivity index (χ0) is 12.4. The summed E-state index contributed by atoms with van der Waals surface area (Å²) in [5.74, 6) is 0. The average Bonchev–Trinajstić information content (AvgIpc) is 3.04. The van der Waals surface area contributed by atoms with Gasteiger partial charge in [-0.05, 0) is 62.3 Å². The first-order valence-corrected chi connectivity index (χ1v) is 8.45. The van der Waals surface area contributed by atoms with Crippen molar-refractivity contribution in [2.24, 2.45) is 5.41 Å². The highest BCUT2D eigenvalue weighted by Gasteiger charge is 2.37. The van der Waals surface area contributed by atoms with Crippen molar-refractivity contribution in [1.82, 2.24) is 5.32 Å². The molecule has 0 aromatic carbocycles. The van der Waals surface area contributed by atoms with Crippen LogP contribution in [-0.4, -0.2) is 6.04 Å². The fraction of sp³-hybridized carbons (Fsp3) is 0.750. The first-order chi connectivity index (χ1) is 8.77. The third kappa shape index (κ3) is 2.65. The fourth-order valence-corrected chi connectivity index (χ4v) is 4.74. The molecule has 0 saturated heterocycles. The molecule has 0 amide bonds. The molecule has 1 N–H and O–H groups in total. The lowest BCUT2D eigenvalue weighted by molar-refractivity contribution is 0.164. The van der Waals surface area contributed by atoms with Gasteiger partial charge in [0.15, 0.2) is 0 Å². The molecule has 1 nitrogen and oxygen atoms in total. The van der Waals surface area contributed by atoms with Crippen molar-refractivity contribution in [3.63, 3.8) is 0 Å². The molecule has 2 heteroatoms. The van der Waals surface area contributed by atoms with Gasteiger partial charge in [-0.15, -0.1) is 11.3 Å². The summed E-state index contributed by atoms with van der Waals surface area (Å²) in [6.07, 6.45) is 11.8. The highest BCUT2D eigenvalue weighted by Crippen LogP contribution is 2.49. The second-order valence-corrected chi connectivity index (χ2v) is 7.36. The lowest BCUT2D eigenvalue weighted by Crippen LogP contribution is -2.37. The van der Waals surface area contributed by atoms with E-state index < -0.39 is 0 Å². The summed E-state index contributed by atoms with van der Waals surface area (Å²) >= 11 is 1.88. The van der Waals surface area contributed by atoms with Gasteiger partial charge in [0.25, 0.3) is 0 Å². The molecule has 1 heterocycles. The van der Waals surface area contributed by atoms with Crippen LogP contribution in [0.3, 0.4) is 0 Å². The molecule has 2 saturated carbocycles. The molecule has 18 heavy (non-hydrogen) atoms. The van der Waals surface area contributed by atoms with Gasteiger partial charge in [0, 0.05) is 17.0 Å². The predicted molar refractivity (Wildman–Crippen MR) is 79.0 cm³/mol. The summed E-state index contributed by atoms with van der Waals surface area (Å²) in [6, 6.07) is 5.71. The Hall–Kier alpha value is -0.340. The number of hydrogen-bond donors (Lipinski definition) is 1. The van der Waals surface area contributed by atoms with Crippen LogP contribution in [0, 0.1) is 5.41 Å². The molecule has 0 unspecified atom stereocenters. The molecular formula is C16H25NS. The summed E-state index contributed by atoms with van der Waals surface area (Å²) in [6.45, 7) is 2.31.